The summed E-state index contributed by atoms with van der Waals surface area (Å²) in [6, 6.07) is 6.77. The van der Waals surface area contributed by atoms with Crippen LogP contribution < -0.4 is 5.32 Å². The number of rotatable bonds is 4. The van der Waals surface area contributed by atoms with Gasteiger partial charge >= 0.3 is 0 Å². The van der Waals surface area contributed by atoms with Crippen molar-refractivity contribution >= 4 is 5.57 Å². The van der Waals surface area contributed by atoms with Crippen LogP contribution in [0.25, 0.3) is 5.57 Å². The molecule has 1 heterocycles. The molecule has 0 radical (unpaired) electrons. The molecule has 1 fully saturated rings. The molecule has 1 aromatic carbocycles. The Bertz CT molecular complexity index is 454. The first-order chi connectivity index (χ1) is 9.66. The van der Waals surface area contributed by atoms with Crippen molar-refractivity contribution in [3.8, 4) is 0 Å². The van der Waals surface area contributed by atoms with Gasteiger partial charge in [-0.1, -0.05) is 24.3 Å². The van der Waals surface area contributed by atoms with Gasteiger partial charge in [-0.3, -0.25) is 0 Å². The summed E-state index contributed by atoms with van der Waals surface area (Å²) in [5.41, 5.74) is 5.53. The van der Waals surface area contributed by atoms with Crippen molar-refractivity contribution in [1.82, 2.24) is 10.2 Å². The average Bonchev–Trinajstić information content (AvgIpc) is 2.70. The van der Waals surface area contributed by atoms with Gasteiger partial charge in [-0.15, -0.1) is 0 Å². The second-order valence-corrected chi connectivity index (χ2v) is 5.92. The van der Waals surface area contributed by atoms with Gasteiger partial charge in [0, 0.05) is 19.6 Å². The predicted octanol–water partition coefficient (Wildman–Crippen LogP) is 3.39. The lowest BCUT2D eigenvalue weighted by Gasteiger charge is -2.18. The lowest BCUT2D eigenvalue weighted by Crippen LogP contribution is -2.28. The highest BCUT2D eigenvalue weighted by atomic mass is 15.1. The van der Waals surface area contributed by atoms with Crippen molar-refractivity contribution in [1.29, 1.82) is 0 Å². The van der Waals surface area contributed by atoms with Crippen LogP contribution in [0.1, 0.15) is 36.5 Å². The fourth-order valence-corrected chi connectivity index (χ4v) is 2.69. The maximum atomic E-state index is 3.46. The number of nitrogens with one attached hydrogen (secondary N) is 1. The molecule has 1 aromatic rings. The maximum absolute atomic E-state index is 3.46. The molecule has 2 nitrogen and oxygen atoms in total. The molecule has 0 saturated carbocycles. The van der Waals surface area contributed by atoms with Crippen LogP contribution in [-0.2, 0) is 0 Å². The zero-order chi connectivity index (χ0) is 14.4. The normalized spacial score (nSPS) is 18.1. The average molecular weight is 272 g/mol. The van der Waals surface area contributed by atoms with Gasteiger partial charge in [0.15, 0.2) is 0 Å². The molecular weight excluding hydrogens is 244 g/mol. The lowest BCUT2D eigenvalue weighted by atomic mass is 10.0. The molecule has 0 aromatic heterocycles. The van der Waals surface area contributed by atoms with Crippen molar-refractivity contribution < 1.29 is 0 Å². The Labute approximate surface area is 123 Å². The molecule has 0 unspecified atom stereocenters. The second-order valence-electron chi connectivity index (χ2n) is 5.92. The summed E-state index contributed by atoms with van der Waals surface area (Å²) >= 11 is 0. The van der Waals surface area contributed by atoms with E-state index >= 15 is 0 Å². The minimum Gasteiger partial charge on any atom is -0.315 e. The molecule has 0 aliphatic carbocycles. The third kappa shape index (κ3) is 4.46. The van der Waals surface area contributed by atoms with E-state index < -0.39 is 0 Å². The van der Waals surface area contributed by atoms with Gasteiger partial charge in [0.1, 0.15) is 0 Å². The molecule has 0 bridgehead atoms. The Morgan fingerprint density at radius 3 is 2.85 bits per heavy atom. The van der Waals surface area contributed by atoms with Crippen LogP contribution in [0.2, 0.25) is 0 Å². The third-order valence-corrected chi connectivity index (χ3v) is 4.29. The molecule has 1 aliphatic rings. The van der Waals surface area contributed by atoms with E-state index in [0.29, 0.717) is 0 Å². The van der Waals surface area contributed by atoms with Crippen LogP contribution in [0.15, 0.2) is 24.3 Å². The Morgan fingerprint density at radius 2 is 2.05 bits per heavy atom. The number of nitrogens with zero attached hydrogens (tertiary/aromatic N) is 1. The van der Waals surface area contributed by atoms with E-state index in [1.807, 2.05) is 0 Å². The van der Waals surface area contributed by atoms with E-state index in [2.05, 4.69) is 55.3 Å². The fourth-order valence-electron chi connectivity index (χ4n) is 2.69. The van der Waals surface area contributed by atoms with Crippen LogP contribution in [0.4, 0.5) is 0 Å². The van der Waals surface area contributed by atoms with Crippen LogP contribution in [0.3, 0.4) is 0 Å². The van der Waals surface area contributed by atoms with Gasteiger partial charge in [-0.05, 0) is 69.0 Å². The first-order valence-corrected chi connectivity index (χ1v) is 7.84. The number of aryl methyl sites for hydroxylation is 2. The quantitative estimate of drug-likeness (QED) is 0.904. The minimum absolute atomic E-state index is 1.14. The van der Waals surface area contributed by atoms with Gasteiger partial charge in [-0.2, -0.15) is 0 Å². The van der Waals surface area contributed by atoms with Crippen molar-refractivity contribution in [3.63, 3.8) is 0 Å². The first kappa shape index (κ1) is 15.3. The van der Waals surface area contributed by atoms with Crippen LogP contribution in [0, 0.1) is 13.8 Å². The maximum Gasteiger partial charge on any atom is 0.0107 e. The number of allylic oxidation sites excluding steroid dienone is 1. The van der Waals surface area contributed by atoms with Crippen LogP contribution in [0.5, 0.6) is 0 Å². The molecular formula is C18H28N2. The lowest BCUT2D eigenvalue weighted by molar-refractivity contribution is 0.298. The van der Waals surface area contributed by atoms with E-state index in [4.69, 9.17) is 0 Å². The highest BCUT2D eigenvalue weighted by molar-refractivity contribution is 5.64. The summed E-state index contributed by atoms with van der Waals surface area (Å²) in [7, 11) is 0. The van der Waals surface area contributed by atoms with Crippen LogP contribution >= 0.6 is 0 Å². The number of benzene rings is 1. The van der Waals surface area contributed by atoms with E-state index in [1.54, 1.807) is 0 Å². The summed E-state index contributed by atoms with van der Waals surface area (Å²) in [5.74, 6) is 0. The predicted molar refractivity (Wildman–Crippen MR) is 88.1 cm³/mol. The molecule has 0 amide bonds. The first-order valence-electron chi connectivity index (χ1n) is 7.84. The van der Waals surface area contributed by atoms with Gasteiger partial charge in [0.25, 0.3) is 0 Å². The summed E-state index contributed by atoms with van der Waals surface area (Å²) in [4.78, 5) is 2.57. The zero-order valence-electron chi connectivity index (χ0n) is 13.2. The van der Waals surface area contributed by atoms with Gasteiger partial charge in [0.05, 0.1) is 0 Å². The van der Waals surface area contributed by atoms with Gasteiger partial charge in [-0.25, -0.2) is 0 Å². The Hall–Kier alpha value is -1.12. The van der Waals surface area contributed by atoms with E-state index in [0.717, 1.165) is 13.0 Å². The zero-order valence-corrected chi connectivity index (χ0v) is 13.2. The molecule has 2 heteroatoms. The Morgan fingerprint density at radius 1 is 1.20 bits per heavy atom. The topological polar surface area (TPSA) is 15.3 Å². The fraction of sp³-hybridized carbons (Fsp3) is 0.556. The van der Waals surface area contributed by atoms with Gasteiger partial charge in [0.2, 0.25) is 0 Å². The standard InChI is InChI=1S/C18H28N2/c1-15-7-8-18(14-17(15)3)16(2)6-4-11-20-12-5-9-19-10-13-20/h6-8,14,19H,4-5,9-13H2,1-3H3/b16-6+. The Balaban J connectivity index is 1.88. The third-order valence-electron chi connectivity index (χ3n) is 4.29. The van der Waals surface area contributed by atoms with E-state index in [-0.39, 0.29) is 0 Å². The van der Waals surface area contributed by atoms with E-state index in [1.165, 1.54) is 54.9 Å². The minimum atomic E-state index is 1.14. The second kappa shape index (κ2) is 7.61. The molecule has 2 rings (SSSR count). The van der Waals surface area contributed by atoms with Crippen molar-refractivity contribution in [2.24, 2.45) is 0 Å². The molecule has 1 saturated heterocycles. The molecule has 0 atom stereocenters. The van der Waals surface area contributed by atoms with Gasteiger partial charge < -0.3 is 10.2 Å². The molecule has 1 aliphatic heterocycles. The molecule has 0 spiro atoms. The molecule has 110 valence electrons. The monoisotopic (exact) mass is 272 g/mol. The summed E-state index contributed by atoms with van der Waals surface area (Å²) in [6.45, 7) is 12.5. The van der Waals surface area contributed by atoms with Crippen molar-refractivity contribution in [2.75, 3.05) is 32.7 Å². The smallest absolute Gasteiger partial charge is 0.0107 e. The van der Waals surface area contributed by atoms with Crippen molar-refractivity contribution in [2.45, 2.75) is 33.6 Å². The van der Waals surface area contributed by atoms with Crippen molar-refractivity contribution in [3.05, 3.63) is 41.0 Å². The summed E-state index contributed by atoms with van der Waals surface area (Å²) in [6.07, 6.45) is 4.82. The SMILES string of the molecule is C/C(=C\CCN1CCCNCC1)c1ccc(C)c(C)c1. The largest absolute Gasteiger partial charge is 0.315 e. The molecule has 1 N–H and O–H groups in total. The highest BCUT2D eigenvalue weighted by Crippen LogP contribution is 2.18. The number of hydrogen-bond donors (Lipinski definition) is 1. The van der Waals surface area contributed by atoms with E-state index in [9.17, 15) is 0 Å². The van der Waals surface area contributed by atoms with Crippen LogP contribution in [-0.4, -0.2) is 37.6 Å². The summed E-state index contributed by atoms with van der Waals surface area (Å²) in [5, 5.41) is 3.46. The molecule has 20 heavy (non-hydrogen) atoms. The Kier molecular flexibility index (Phi) is 5.81. The number of hydrogen-bond acceptors (Lipinski definition) is 2. The highest BCUT2D eigenvalue weighted by Gasteiger charge is 2.07. The summed E-state index contributed by atoms with van der Waals surface area (Å²) < 4.78 is 0.